The van der Waals surface area contributed by atoms with Crippen LogP contribution < -0.4 is 11.1 Å². The molecule has 2 rings (SSSR count). The first-order valence-electron chi connectivity index (χ1n) is 4.82. The molecule has 0 spiro atoms. The first-order valence-corrected chi connectivity index (χ1v) is 5.20. The van der Waals surface area contributed by atoms with Gasteiger partial charge in [-0.2, -0.15) is 0 Å². The van der Waals surface area contributed by atoms with E-state index >= 15 is 0 Å². The SMILES string of the molecule is NCc1ccccc1Nc1ncc(Cl)cn1. The molecular formula is C11H11ClN4. The molecule has 3 N–H and O–H groups in total. The molecule has 4 nitrogen and oxygen atoms in total. The zero-order chi connectivity index (χ0) is 11.4. The van der Waals surface area contributed by atoms with E-state index in [1.54, 1.807) is 12.4 Å². The van der Waals surface area contributed by atoms with Gasteiger partial charge in [0.05, 0.1) is 17.4 Å². The standard InChI is InChI=1S/C11H11ClN4/c12-9-6-14-11(15-7-9)16-10-4-2-1-3-8(10)5-13/h1-4,6-7H,5,13H2,(H,14,15,16). The summed E-state index contributed by atoms with van der Waals surface area (Å²) in [5.41, 5.74) is 7.55. The lowest BCUT2D eigenvalue weighted by Gasteiger charge is -2.08. The van der Waals surface area contributed by atoms with Crippen LogP contribution in [0.4, 0.5) is 11.6 Å². The minimum atomic E-state index is 0.469. The number of nitrogens with zero attached hydrogens (tertiary/aromatic N) is 2. The van der Waals surface area contributed by atoms with Gasteiger partial charge in [0, 0.05) is 12.2 Å². The van der Waals surface area contributed by atoms with Crippen molar-refractivity contribution < 1.29 is 0 Å². The minimum absolute atomic E-state index is 0.469. The predicted molar refractivity (Wildman–Crippen MR) is 64.7 cm³/mol. The monoisotopic (exact) mass is 234 g/mol. The van der Waals surface area contributed by atoms with Gasteiger partial charge in [-0.3, -0.25) is 0 Å². The van der Waals surface area contributed by atoms with Gasteiger partial charge in [0.15, 0.2) is 0 Å². The lowest BCUT2D eigenvalue weighted by atomic mass is 10.2. The van der Waals surface area contributed by atoms with Crippen molar-refractivity contribution in [3.05, 3.63) is 47.2 Å². The van der Waals surface area contributed by atoms with Crippen LogP contribution in [0.5, 0.6) is 0 Å². The Bertz CT molecular complexity index is 470. The number of para-hydroxylation sites is 1. The summed E-state index contributed by atoms with van der Waals surface area (Å²) < 4.78 is 0. The van der Waals surface area contributed by atoms with Crippen LogP contribution in [0.3, 0.4) is 0 Å². The van der Waals surface area contributed by atoms with Gasteiger partial charge in [-0.1, -0.05) is 29.8 Å². The van der Waals surface area contributed by atoms with Crippen LogP contribution in [0.15, 0.2) is 36.7 Å². The highest BCUT2D eigenvalue weighted by atomic mass is 35.5. The Hall–Kier alpha value is -1.65. The van der Waals surface area contributed by atoms with Gasteiger partial charge < -0.3 is 11.1 Å². The summed E-state index contributed by atoms with van der Waals surface area (Å²) in [6.07, 6.45) is 3.09. The summed E-state index contributed by atoms with van der Waals surface area (Å²) in [4.78, 5) is 8.11. The molecule has 2 aromatic rings. The first-order chi connectivity index (χ1) is 7.79. The zero-order valence-electron chi connectivity index (χ0n) is 8.52. The second kappa shape index (κ2) is 4.92. The fourth-order valence-electron chi connectivity index (χ4n) is 1.32. The summed E-state index contributed by atoms with van der Waals surface area (Å²) in [6.45, 7) is 0.469. The quantitative estimate of drug-likeness (QED) is 0.856. The molecule has 0 unspecified atom stereocenters. The number of nitrogens with one attached hydrogen (secondary N) is 1. The first kappa shape index (κ1) is 10.9. The Kier molecular flexibility index (Phi) is 3.34. The molecule has 1 aromatic heterocycles. The van der Waals surface area contributed by atoms with Gasteiger partial charge in [-0.05, 0) is 11.6 Å². The molecule has 5 heteroatoms. The highest BCUT2D eigenvalue weighted by Gasteiger charge is 2.01. The van der Waals surface area contributed by atoms with Gasteiger partial charge in [-0.25, -0.2) is 9.97 Å². The highest BCUT2D eigenvalue weighted by Crippen LogP contribution is 2.18. The lowest BCUT2D eigenvalue weighted by Crippen LogP contribution is -2.03. The van der Waals surface area contributed by atoms with Gasteiger partial charge in [0.1, 0.15) is 0 Å². The molecule has 1 aromatic carbocycles. The number of anilines is 2. The molecule has 0 aliphatic carbocycles. The summed E-state index contributed by atoms with van der Waals surface area (Å²) in [7, 11) is 0. The maximum absolute atomic E-state index is 5.70. The molecule has 0 bridgehead atoms. The molecular weight excluding hydrogens is 224 g/mol. The van der Waals surface area contributed by atoms with Gasteiger partial charge in [0.25, 0.3) is 0 Å². The van der Waals surface area contributed by atoms with Crippen molar-refractivity contribution >= 4 is 23.2 Å². The molecule has 16 heavy (non-hydrogen) atoms. The predicted octanol–water partition coefficient (Wildman–Crippen LogP) is 2.33. The summed E-state index contributed by atoms with van der Waals surface area (Å²) in [5, 5.41) is 3.60. The Morgan fingerprint density at radius 3 is 2.56 bits per heavy atom. The average Bonchev–Trinajstić information content (AvgIpc) is 2.33. The van der Waals surface area contributed by atoms with Crippen LogP contribution in [-0.2, 0) is 6.54 Å². The normalized spacial score (nSPS) is 10.1. The fraction of sp³-hybridized carbons (Fsp3) is 0.0909. The molecule has 0 saturated heterocycles. The fourth-order valence-corrected chi connectivity index (χ4v) is 1.42. The smallest absolute Gasteiger partial charge is 0.227 e. The third kappa shape index (κ3) is 2.48. The van der Waals surface area contributed by atoms with Crippen LogP contribution in [0.25, 0.3) is 0 Å². The van der Waals surface area contributed by atoms with Crippen molar-refractivity contribution in [3.8, 4) is 0 Å². The maximum Gasteiger partial charge on any atom is 0.227 e. The third-order valence-corrected chi connectivity index (χ3v) is 2.30. The molecule has 0 fully saturated rings. The number of halogens is 1. The van der Waals surface area contributed by atoms with Crippen LogP contribution in [0.1, 0.15) is 5.56 Å². The zero-order valence-corrected chi connectivity index (χ0v) is 9.28. The number of hydrogen-bond acceptors (Lipinski definition) is 4. The molecule has 0 amide bonds. The Morgan fingerprint density at radius 1 is 1.19 bits per heavy atom. The second-order valence-electron chi connectivity index (χ2n) is 3.21. The largest absolute Gasteiger partial charge is 0.326 e. The molecule has 0 atom stereocenters. The number of nitrogens with two attached hydrogens (primary N) is 1. The van der Waals surface area contributed by atoms with E-state index in [4.69, 9.17) is 17.3 Å². The van der Waals surface area contributed by atoms with Crippen molar-refractivity contribution in [3.63, 3.8) is 0 Å². The van der Waals surface area contributed by atoms with E-state index in [1.807, 2.05) is 24.3 Å². The van der Waals surface area contributed by atoms with E-state index in [0.717, 1.165) is 11.3 Å². The van der Waals surface area contributed by atoms with Crippen LogP contribution in [-0.4, -0.2) is 9.97 Å². The molecule has 0 saturated carbocycles. The Balaban J connectivity index is 2.23. The second-order valence-corrected chi connectivity index (χ2v) is 3.65. The summed E-state index contributed by atoms with van der Waals surface area (Å²) in [5.74, 6) is 0.505. The van der Waals surface area contributed by atoms with Crippen molar-refractivity contribution in [2.24, 2.45) is 5.73 Å². The summed E-state index contributed by atoms with van der Waals surface area (Å²) in [6, 6.07) is 7.76. The van der Waals surface area contributed by atoms with E-state index < -0.39 is 0 Å². The molecule has 0 aliphatic rings. The highest BCUT2D eigenvalue weighted by molar-refractivity contribution is 6.30. The van der Waals surface area contributed by atoms with Gasteiger partial charge in [-0.15, -0.1) is 0 Å². The van der Waals surface area contributed by atoms with Crippen LogP contribution in [0, 0.1) is 0 Å². The molecule has 0 radical (unpaired) electrons. The molecule has 82 valence electrons. The Labute approximate surface area is 98.5 Å². The van der Waals surface area contributed by atoms with E-state index in [1.165, 1.54) is 0 Å². The van der Waals surface area contributed by atoms with Crippen LogP contribution >= 0.6 is 11.6 Å². The van der Waals surface area contributed by atoms with Crippen molar-refractivity contribution in [2.45, 2.75) is 6.54 Å². The minimum Gasteiger partial charge on any atom is -0.326 e. The van der Waals surface area contributed by atoms with Crippen LogP contribution in [0.2, 0.25) is 5.02 Å². The number of hydrogen-bond donors (Lipinski definition) is 2. The summed E-state index contributed by atoms with van der Waals surface area (Å²) >= 11 is 5.70. The molecule has 0 aliphatic heterocycles. The third-order valence-electron chi connectivity index (χ3n) is 2.10. The number of aromatic nitrogens is 2. The Morgan fingerprint density at radius 2 is 1.88 bits per heavy atom. The average molecular weight is 235 g/mol. The van der Waals surface area contributed by atoms with Crippen molar-refractivity contribution in [2.75, 3.05) is 5.32 Å². The van der Waals surface area contributed by atoms with Crippen molar-refractivity contribution in [1.82, 2.24) is 9.97 Å². The number of rotatable bonds is 3. The van der Waals surface area contributed by atoms with Crippen molar-refractivity contribution in [1.29, 1.82) is 0 Å². The van der Waals surface area contributed by atoms with E-state index in [9.17, 15) is 0 Å². The van der Waals surface area contributed by atoms with Gasteiger partial charge in [0.2, 0.25) is 5.95 Å². The van der Waals surface area contributed by atoms with E-state index in [0.29, 0.717) is 17.5 Å². The molecule has 1 heterocycles. The van der Waals surface area contributed by atoms with E-state index in [2.05, 4.69) is 15.3 Å². The lowest BCUT2D eigenvalue weighted by molar-refractivity contribution is 1.07. The van der Waals surface area contributed by atoms with E-state index in [-0.39, 0.29) is 0 Å². The van der Waals surface area contributed by atoms with Gasteiger partial charge >= 0.3 is 0 Å². The maximum atomic E-state index is 5.70. The number of benzene rings is 1. The topological polar surface area (TPSA) is 63.8 Å².